The number of aromatic nitrogens is 1. The second-order valence-electron chi connectivity index (χ2n) is 7.09. The molecule has 0 aromatic heterocycles. The third kappa shape index (κ3) is 3.93. The fourth-order valence-corrected chi connectivity index (χ4v) is 4.81. The summed E-state index contributed by atoms with van der Waals surface area (Å²) in [4.78, 5) is 10.3. The van der Waals surface area contributed by atoms with Crippen molar-refractivity contribution in [1.29, 1.82) is 0 Å². The minimum Gasteiger partial charge on any atom is -0.383 e. The minimum absolute atomic E-state index is 0.113. The van der Waals surface area contributed by atoms with Crippen LogP contribution in [0.25, 0.3) is 31.6 Å². The van der Waals surface area contributed by atoms with E-state index < -0.39 is 0 Å². The summed E-state index contributed by atoms with van der Waals surface area (Å²) in [7, 11) is 0. The van der Waals surface area contributed by atoms with E-state index in [1.54, 1.807) is 11.3 Å². The third-order valence-electron chi connectivity index (χ3n) is 5.23. The molecule has 0 unspecified atom stereocenters. The summed E-state index contributed by atoms with van der Waals surface area (Å²) in [5.41, 5.74) is 14.0. The van der Waals surface area contributed by atoms with E-state index in [0.29, 0.717) is 13.1 Å². The molecule has 1 aliphatic heterocycles. The van der Waals surface area contributed by atoms with Gasteiger partial charge in [0.05, 0.1) is 27.3 Å². The standard InChI is InChI=1S/C23H26N6S/c1-3-29(4-2)15-9-10-18-20(13-15)30-21-14-19(26-11-12-27-23(24)25)16-7-5-6-8-17(16)22(21)28-18/h5-10,13-14H,3-4,11-12H2,1-2H3,(H4,24,25,27)/p+1. The second kappa shape index (κ2) is 8.67. The highest BCUT2D eigenvalue weighted by Gasteiger charge is 2.14. The zero-order valence-corrected chi connectivity index (χ0v) is 18.2. The molecule has 30 heavy (non-hydrogen) atoms. The maximum atomic E-state index is 5.43. The van der Waals surface area contributed by atoms with E-state index in [1.165, 1.54) is 10.2 Å². The first-order valence-electron chi connectivity index (χ1n) is 10.2. The zero-order chi connectivity index (χ0) is 21.1. The summed E-state index contributed by atoms with van der Waals surface area (Å²) < 4.78 is 3.51. The monoisotopic (exact) mass is 419 g/mol. The molecule has 0 saturated heterocycles. The van der Waals surface area contributed by atoms with Crippen LogP contribution in [0.5, 0.6) is 0 Å². The van der Waals surface area contributed by atoms with E-state index in [2.05, 4.69) is 77.3 Å². The normalized spacial score (nSPS) is 11.1. The fraction of sp³-hybridized carbons (Fsp3) is 0.261. The van der Waals surface area contributed by atoms with Gasteiger partial charge < -0.3 is 16.8 Å². The van der Waals surface area contributed by atoms with Gasteiger partial charge in [0.1, 0.15) is 13.1 Å². The molecule has 5 N–H and O–H groups in total. The molecule has 2 aliphatic rings. The van der Waals surface area contributed by atoms with Crippen molar-refractivity contribution in [3.63, 3.8) is 0 Å². The van der Waals surface area contributed by atoms with Crippen molar-refractivity contribution in [3.8, 4) is 10.6 Å². The molecule has 2 aromatic rings. The van der Waals surface area contributed by atoms with Crippen LogP contribution < -0.4 is 26.7 Å². The van der Waals surface area contributed by atoms with Crippen LogP contribution >= 0.6 is 11.3 Å². The number of aliphatic imine (C=N–C) groups is 1. The number of hydrogen-bond donors (Lipinski definition) is 3. The van der Waals surface area contributed by atoms with Gasteiger partial charge in [-0.3, -0.25) is 4.99 Å². The van der Waals surface area contributed by atoms with Gasteiger partial charge in [0.2, 0.25) is 5.36 Å². The van der Waals surface area contributed by atoms with Crippen LogP contribution in [0.15, 0.2) is 53.5 Å². The van der Waals surface area contributed by atoms with Gasteiger partial charge in [0.15, 0.2) is 5.96 Å². The number of nitrogens with two attached hydrogens (primary N) is 2. The van der Waals surface area contributed by atoms with Gasteiger partial charge in [-0.2, -0.15) is 0 Å². The molecule has 1 heterocycles. The molecule has 0 amide bonds. The lowest BCUT2D eigenvalue weighted by atomic mass is 10.1. The topological polar surface area (TPSA) is 92.3 Å². The molecule has 154 valence electrons. The van der Waals surface area contributed by atoms with Crippen LogP contribution in [0.3, 0.4) is 0 Å². The van der Waals surface area contributed by atoms with Gasteiger partial charge in [-0.05, 0) is 26.0 Å². The van der Waals surface area contributed by atoms with Crippen molar-refractivity contribution in [2.24, 2.45) is 16.5 Å². The number of rotatable bonds is 6. The summed E-state index contributed by atoms with van der Waals surface area (Å²) in [6.45, 7) is 7.53. The summed E-state index contributed by atoms with van der Waals surface area (Å²) in [6.07, 6.45) is 0. The lowest BCUT2D eigenvalue weighted by molar-refractivity contribution is 0.626. The molecule has 6 nitrogen and oxygen atoms in total. The van der Waals surface area contributed by atoms with Gasteiger partial charge in [0.25, 0.3) is 0 Å². The predicted octanol–water partition coefficient (Wildman–Crippen LogP) is 3.05. The van der Waals surface area contributed by atoms with Crippen LogP contribution in [-0.2, 0) is 0 Å². The van der Waals surface area contributed by atoms with Crippen molar-refractivity contribution < 1.29 is 0 Å². The van der Waals surface area contributed by atoms with Crippen molar-refractivity contribution in [1.82, 2.24) is 9.56 Å². The Morgan fingerprint density at radius 1 is 1.07 bits per heavy atom. The zero-order valence-electron chi connectivity index (χ0n) is 17.4. The maximum Gasteiger partial charge on any atom is 0.201 e. The van der Waals surface area contributed by atoms with Gasteiger partial charge in [-0.25, -0.2) is 9.56 Å². The maximum absolute atomic E-state index is 5.43. The minimum atomic E-state index is 0.113. The lowest BCUT2D eigenvalue weighted by Gasteiger charge is -2.13. The van der Waals surface area contributed by atoms with Crippen molar-refractivity contribution in [2.75, 3.05) is 31.5 Å². The number of hydrogen-bond acceptors (Lipinski definition) is 4. The largest absolute Gasteiger partial charge is 0.383 e. The quantitative estimate of drug-likeness (QED) is 0.112. The first-order valence-corrected chi connectivity index (χ1v) is 11.1. The Balaban J connectivity index is 1.88. The van der Waals surface area contributed by atoms with Crippen LogP contribution in [0.2, 0.25) is 0 Å². The van der Waals surface area contributed by atoms with Gasteiger partial charge in [-0.15, -0.1) is 11.3 Å². The first-order chi connectivity index (χ1) is 14.6. The molecule has 7 heteroatoms. The Morgan fingerprint density at radius 2 is 1.83 bits per heavy atom. The molecule has 1 aliphatic carbocycles. The summed E-state index contributed by atoms with van der Waals surface area (Å²) in [6, 6.07) is 17.1. The number of nitrogens with zero attached hydrogens (tertiary/aromatic N) is 3. The fourth-order valence-electron chi connectivity index (χ4n) is 3.75. The number of benzene rings is 3. The molecule has 0 spiro atoms. The highest BCUT2D eigenvalue weighted by molar-refractivity contribution is 7.21. The smallest absolute Gasteiger partial charge is 0.201 e. The van der Waals surface area contributed by atoms with Gasteiger partial charge in [0, 0.05) is 35.1 Å². The lowest BCUT2D eigenvalue weighted by Crippen LogP contribution is -2.29. The number of nitrogens with one attached hydrogen (secondary N) is 1. The summed E-state index contributed by atoms with van der Waals surface area (Å²) >= 11 is 1.78. The SMILES string of the molecule is CC[N+](CC)=c1ccc2nc3c(cc(NCCN=C(N)N)c4ccccc43)sc-2c1. The number of fused-ring (bicyclic) bond motifs is 4. The molecular weight excluding hydrogens is 392 g/mol. The van der Waals surface area contributed by atoms with E-state index in [1.807, 2.05) is 0 Å². The average Bonchev–Trinajstić information content (AvgIpc) is 2.76. The van der Waals surface area contributed by atoms with Crippen LogP contribution in [0.4, 0.5) is 5.69 Å². The van der Waals surface area contributed by atoms with E-state index in [4.69, 9.17) is 16.5 Å². The molecule has 4 rings (SSSR count). The van der Waals surface area contributed by atoms with Crippen LogP contribution in [-0.4, -0.2) is 37.1 Å². The van der Waals surface area contributed by atoms with Crippen molar-refractivity contribution in [2.45, 2.75) is 13.8 Å². The summed E-state index contributed by atoms with van der Waals surface area (Å²) in [5, 5.41) is 7.01. The Morgan fingerprint density at radius 3 is 2.57 bits per heavy atom. The molecule has 0 radical (unpaired) electrons. The Hall–Kier alpha value is -3.19. The molecule has 2 aromatic carbocycles. The highest BCUT2D eigenvalue weighted by Crippen LogP contribution is 2.37. The van der Waals surface area contributed by atoms with Crippen LogP contribution in [0.1, 0.15) is 13.8 Å². The van der Waals surface area contributed by atoms with Gasteiger partial charge >= 0.3 is 0 Å². The Kier molecular flexibility index (Phi) is 5.81. The average molecular weight is 420 g/mol. The molecule has 0 saturated carbocycles. The first kappa shape index (κ1) is 20.1. The van der Waals surface area contributed by atoms with E-state index in [0.717, 1.165) is 45.5 Å². The number of guanidine groups is 1. The molecule has 0 bridgehead atoms. The Bertz CT molecular complexity index is 1260. The highest BCUT2D eigenvalue weighted by atomic mass is 32.1. The van der Waals surface area contributed by atoms with Gasteiger partial charge in [-0.1, -0.05) is 24.3 Å². The van der Waals surface area contributed by atoms with E-state index in [9.17, 15) is 0 Å². The Labute approximate surface area is 179 Å². The molecule has 0 atom stereocenters. The molecule has 0 fully saturated rings. The second-order valence-corrected chi connectivity index (χ2v) is 8.17. The van der Waals surface area contributed by atoms with Crippen molar-refractivity contribution in [3.05, 3.63) is 53.9 Å². The van der Waals surface area contributed by atoms with Crippen molar-refractivity contribution >= 4 is 44.0 Å². The van der Waals surface area contributed by atoms with E-state index >= 15 is 0 Å². The summed E-state index contributed by atoms with van der Waals surface area (Å²) in [5.74, 6) is 0.113. The third-order valence-corrected chi connectivity index (χ3v) is 6.30. The predicted molar refractivity (Wildman–Crippen MR) is 129 cm³/mol. The van der Waals surface area contributed by atoms with E-state index in [-0.39, 0.29) is 5.96 Å². The number of anilines is 1. The molecular formula is C23H27N6S+. The van der Waals surface area contributed by atoms with Crippen LogP contribution in [0, 0.1) is 0 Å².